The Balaban J connectivity index is -0.000000131. The summed E-state index contributed by atoms with van der Waals surface area (Å²) in [5, 5.41) is 21.4. The molecule has 8 nitrogen and oxygen atoms in total. The van der Waals surface area contributed by atoms with Gasteiger partial charge in [0.15, 0.2) is 0 Å². The van der Waals surface area contributed by atoms with Gasteiger partial charge in [0, 0.05) is 12.1 Å². The molecule has 0 aliphatic rings. The number of halogens is 9. The van der Waals surface area contributed by atoms with Crippen molar-refractivity contribution < 1.29 is 69.2 Å². The van der Waals surface area contributed by atoms with E-state index in [4.69, 9.17) is 41.2 Å². The third-order valence-electron chi connectivity index (χ3n) is 1.25. The fraction of sp³-hybridized carbons (Fsp3) is 0.700. The Morgan fingerprint density at radius 2 is 0.741 bits per heavy atom. The third kappa shape index (κ3) is 31.9. The molecule has 0 aliphatic heterocycles. The van der Waals surface area contributed by atoms with Crippen molar-refractivity contribution in [2.24, 2.45) is 11.5 Å². The lowest BCUT2D eigenvalue weighted by atomic mass is 10.1. The SMILES string of the molecule is CC(C)(N)CN.O=C(O)C(F)(F)F.O=C(O)C(F)(F)F.O=C(O)C(F)(F)F. The average Bonchev–Trinajstić information content (AvgIpc) is 2.36. The molecule has 164 valence electrons. The molecule has 0 rings (SSSR count). The predicted octanol–water partition coefficient (Wildman–Crippen LogP) is 1.58. The van der Waals surface area contributed by atoms with Crippen molar-refractivity contribution in [1.82, 2.24) is 0 Å². The summed E-state index contributed by atoms with van der Waals surface area (Å²) in [5.41, 5.74) is 10.4. The van der Waals surface area contributed by atoms with Gasteiger partial charge in [0.1, 0.15) is 0 Å². The van der Waals surface area contributed by atoms with E-state index < -0.39 is 36.4 Å². The van der Waals surface area contributed by atoms with Gasteiger partial charge in [-0.3, -0.25) is 0 Å². The molecular weight excluding hydrogens is 415 g/mol. The second-order valence-corrected chi connectivity index (χ2v) is 4.60. The van der Waals surface area contributed by atoms with Gasteiger partial charge in [-0.2, -0.15) is 39.5 Å². The zero-order valence-electron chi connectivity index (χ0n) is 13.3. The fourth-order valence-electron chi connectivity index (χ4n) is 0. The molecule has 17 heteroatoms. The van der Waals surface area contributed by atoms with E-state index in [1.54, 1.807) is 0 Å². The molecule has 7 N–H and O–H groups in total. The Hall–Kier alpha value is -2.30. The van der Waals surface area contributed by atoms with Gasteiger partial charge in [-0.15, -0.1) is 0 Å². The summed E-state index contributed by atoms with van der Waals surface area (Å²) in [6, 6.07) is 0. The molecule has 0 unspecified atom stereocenters. The molecule has 27 heavy (non-hydrogen) atoms. The lowest BCUT2D eigenvalue weighted by Crippen LogP contribution is -2.40. The van der Waals surface area contributed by atoms with Crippen molar-refractivity contribution in [2.45, 2.75) is 37.9 Å². The summed E-state index contributed by atoms with van der Waals surface area (Å²) in [5.74, 6) is -8.27. The molecule has 0 radical (unpaired) electrons. The Labute approximate surface area is 144 Å². The Bertz CT molecular complexity index is 409. The van der Waals surface area contributed by atoms with Crippen molar-refractivity contribution in [3.05, 3.63) is 0 Å². The van der Waals surface area contributed by atoms with E-state index in [0.29, 0.717) is 6.54 Å². The first-order valence-electron chi connectivity index (χ1n) is 5.78. The number of hydrogen-bond acceptors (Lipinski definition) is 5. The van der Waals surface area contributed by atoms with Crippen molar-refractivity contribution in [3.8, 4) is 0 Å². The first kappa shape index (κ1) is 32.4. The van der Waals surface area contributed by atoms with Gasteiger partial charge in [-0.05, 0) is 13.8 Å². The van der Waals surface area contributed by atoms with Crippen LogP contribution >= 0.6 is 0 Å². The fourth-order valence-corrected chi connectivity index (χ4v) is 0. The van der Waals surface area contributed by atoms with Crippen LogP contribution in [0.4, 0.5) is 39.5 Å². The van der Waals surface area contributed by atoms with Crippen LogP contribution in [0.5, 0.6) is 0 Å². The Morgan fingerprint density at radius 1 is 0.667 bits per heavy atom. The smallest absolute Gasteiger partial charge is 0.475 e. The maximum atomic E-state index is 10.6. The van der Waals surface area contributed by atoms with Gasteiger partial charge in [0.05, 0.1) is 0 Å². The van der Waals surface area contributed by atoms with Crippen LogP contribution in [0.15, 0.2) is 0 Å². The van der Waals surface area contributed by atoms with Crippen LogP contribution in [0.1, 0.15) is 13.8 Å². The number of hydrogen-bond donors (Lipinski definition) is 5. The minimum absolute atomic E-state index is 0.181. The van der Waals surface area contributed by atoms with E-state index in [1.807, 2.05) is 13.8 Å². The van der Waals surface area contributed by atoms with Crippen LogP contribution in [0.3, 0.4) is 0 Å². The van der Waals surface area contributed by atoms with Crippen molar-refractivity contribution >= 4 is 17.9 Å². The third-order valence-corrected chi connectivity index (χ3v) is 1.25. The molecule has 0 heterocycles. The average molecular weight is 430 g/mol. The van der Waals surface area contributed by atoms with E-state index in [2.05, 4.69) is 0 Å². The Kier molecular flexibility index (Phi) is 14.6. The second kappa shape index (κ2) is 12.2. The quantitative estimate of drug-likeness (QED) is 0.392. The number of aliphatic carboxylic acids is 3. The van der Waals surface area contributed by atoms with Crippen LogP contribution in [0.25, 0.3) is 0 Å². The zero-order valence-corrected chi connectivity index (χ0v) is 13.3. The summed E-state index contributed by atoms with van der Waals surface area (Å²) in [6.45, 7) is 4.34. The van der Waals surface area contributed by atoms with Gasteiger partial charge in [0.25, 0.3) is 0 Å². The van der Waals surface area contributed by atoms with Crippen molar-refractivity contribution in [1.29, 1.82) is 0 Å². The molecule has 0 amide bonds. The van der Waals surface area contributed by atoms with Crippen molar-refractivity contribution in [3.63, 3.8) is 0 Å². The number of carboxylic acids is 3. The molecule has 0 saturated heterocycles. The first-order valence-corrected chi connectivity index (χ1v) is 5.78. The van der Waals surface area contributed by atoms with Gasteiger partial charge in [-0.1, -0.05) is 0 Å². The lowest BCUT2D eigenvalue weighted by Gasteiger charge is -2.13. The van der Waals surface area contributed by atoms with Crippen LogP contribution in [0.2, 0.25) is 0 Å². The zero-order chi connectivity index (χ0) is 23.4. The van der Waals surface area contributed by atoms with E-state index in [1.165, 1.54) is 0 Å². The highest BCUT2D eigenvalue weighted by molar-refractivity contribution is 5.73. The number of carbonyl (C=O) groups is 3. The molecule has 0 aromatic heterocycles. The highest BCUT2D eigenvalue weighted by Gasteiger charge is 2.39. The maximum absolute atomic E-state index is 10.6. The maximum Gasteiger partial charge on any atom is 0.490 e. The minimum Gasteiger partial charge on any atom is -0.475 e. The summed E-state index contributed by atoms with van der Waals surface area (Å²) in [6.07, 6.45) is -15.3. The molecular formula is C10H15F9N2O6. The largest absolute Gasteiger partial charge is 0.490 e. The predicted molar refractivity (Wildman–Crippen MR) is 68.4 cm³/mol. The molecule has 0 aromatic carbocycles. The van der Waals surface area contributed by atoms with Gasteiger partial charge in [0.2, 0.25) is 0 Å². The van der Waals surface area contributed by atoms with E-state index >= 15 is 0 Å². The van der Waals surface area contributed by atoms with Crippen LogP contribution in [-0.4, -0.2) is 63.8 Å². The minimum atomic E-state index is -5.08. The van der Waals surface area contributed by atoms with E-state index in [0.717, 1.165) is 0 Å². The molecule has 0 spiro atoms. The number of carboxylic acid groups (broad SMARTS) is 3. The van der Waals surface area contributed by atoms with Crippen LogP contribution < -0.4 is 11.5 Å². The number of rotatable bonds is 1. The highest BCUT2D eigenvalue weighted by Crippen LogP contribution is 2.14. The lowest BCUT2D eigenvalue weighted by molar-refractivity contribution is -0.193. The highest BCUT2D eigenvalue weighted by atomic mass is 19.4. The number of nitrogens with two attached hydrogens (primary N) is 2. The normalized spacial score (nSPS) is 11.4. The summed E-state index contributed by atoms with van der Waals surface area (Å²) in [7, 11) is 0. The van der Waals surface area contributed by atoms with Crippen LogP contribution in [-0.2, 0) is 14.4 Å². The summed E-state index contributed by atoms with van der Waals surface area (Å²) < 4.78 is 95.2. The molecule has 0 atom stereocenters. The number of alkyl halides is 9. The monoisotopic (exact) mass is 430 g/mol. The molecule has 0 aromatic rings. The van der Waals surface area contributed by atoms with Gasteiger partial charge < -0.3 is 26.8 Å². The topological polar surface area (TPSA) is 164 Å². The summed E-state index contributed by atoms with van der Waals surface area (Å²) >= 11 is 0. The van der Waals surface area contributed by atoms with E-state index in [9.17, 15) is 39.5 Å². The molecule has 0 bridgehead atoms. The summed E-state index contributed by atoms with van der Waals surface area (Å²) in [4.78, 5) is 26.7. The van der Waals surface area contributed by atoms with Crippen molar-refractivity contribution in [2.75, 3.05) is 6.54 Å². The molecule has 0 fully saturated rings. The molecule has 0 aliphatic carbocycles. The molecule has 0 saturated carbocycles. The van der Waals surface area contributed by atoms with E-state index in [-0.39, 0.29) is 5.54 Å². The second-order valence-electron chi connectivity index (χ2n) is 4.60. The standard InChI is InChI=1S/C4H12N2.3C2HF3O2/c1-4(2,6)3-5;3*3-2(4,5)1(6)7/h3,5-6H2,1-2H3;3*(H,6,7). The Morgan fingerprint density at radius 3 is 0.741 bits per heavy atom. The van der Waals surface area contributed by atoms with Crippen LogP contribution in [0, 0.1) is 0 Å². The first-order chi connectivity index (χ1) is 11.4. The van der Waals surface area contributed by atoms with Gasteiger partial charge >= 0.3 is 36.4 Å². The van der Waals surface area contributed by atoms with Gasteiger partial charge in [-0.25, -0.2) is 14.4 Å².